The first-order valence-corrected chi connectivity index (χ1v) is 7.30. The number of aromatic nitrogens is 2. The lowest BCUT2D eigenvalue weighted by Gasteiger charge is -2.22. The summed E-state index contributed by atoms with van der Waals surface area (Å²) in [7, 11) is 3.25. The van der Waals surface area contributed by atoms with Crippen LogP contribution in [0.2, 0.25) is 0 Å². The number of nitrogens with one attached hydrogen (secondary N) is 2. The van der Waals surface area contributed by atoms with Gasteiger partial charge in [0.05, 0.1) is 13.2 Å². The zero-order valence-electron chi connectivity index (χ0n) is 12.8. The monoisotopic (exact) mass is 293 g/mol. The molecule has 1 unspecified atom stereocenters. The van der Waals surface area contributed by atoms with Crippen molar-refractivity contribution in [3.63, 3.8) is 0 Å². The predicted octanol–water partition coefficient (Wildman–Crippen LogP) is 1.41. The highest BCUT2D eigenvalue weighted by atomic mass is 16.5. The Morgan fingerprint density at radius 3 is 3.00 bits per heavy atom. The third-order valence-corrected chi connectivity index (χ3v) is 3.65. The standard InChI is InChI=1S/C14H23N5O2/c1-4-5-11-12(15-2)16-9-17-13(11)19-7-6-10(8-19)18-14(20)21-3/h9-10H,4-8H2,1-3H3,(H,18,20)(H,15,16,17). The van der Waals surface area contributed by atoms with Crippen molar-refractivity contribution < 1.29 is 9.53 Å². The Bertz CT molecular complexity index is 494. The molecule has 1 aliphatic heterocycles. The number of hydrogen-bond acceptors (Lipinski definition) is 6. The van der Waals surface area contributed by atoms with Crippen LogP contribution in [-0.4, -0.2) is 49.4 Å². The summed E-state index contributed by atoms with van der Waals surface area (Å²) in [5.74, 6) is 1.84. The number of anilines is 2. The average Bonchev–Trinajstić information content (AvgIpc) is 2.95. The van der Waals surface area contributed by atoms with Crippen molar-refractivity contribution in [1.29, 1.82) is 0 Å². The van der Waals surface area contributed by atoms with Gasteiger partial charge in [0.2, 0.25) is 0 Å². The van der Waals surface area contributed by atoms with Crippen LogP contribution >= 0.6 is 0 Å². The molecule has 2 N–H and O–H groups in total. The Labute approximate surface area is 125 Å². The van der Waals surface area contributed by atoms with E-state index in [1.165, 1.54) is 7.11 Å². The molecule has 116 valence electrons. The first-order chi connectivity index (χ1) is 10.2. The van der Waals surface area contributed by atoms with Gasteiger partial charge in [0.1, 0.15) is 18.0 Å². The van der Waals surface area contributed by atoms with Gasteiger partial charge in [-0.1, -0.05) is 13.3 Å². The Kier molecular flexibility index (Phi) is 5.19. The number of ether oxygens (including phenoxy) is 1. The second kappa shape index (κ2) is 7.10. The maximum absolute atomic E-state index is 11.3. The minimum absolute atomic E-state index is 0.0972. The molecule has 1 amide bonds. The molecule has 7 heteroatoms. The zero-order valence-corrected chi connectivity index (χ0v) is 12.8. The molecule has 0 radical (unpaired) electrons. The topological polar surface area (TPSA) is 79.4 Å². The number of hydrogen-bond donors (Lipinski definition) is 2. The highest BCUT2D eigenvalue weighted by molar-refractivity contribution is 5.68. The molecule has 1 fully saturated rings. The number of carbonyl (C=O) groups is 1. The molecule has 0 saturated carbocycles. The van der Waals surface area contributed by atoms with Gasteiger partial charge in [0.15, 0.2) is 0 Å². The van der Waals surface area contributed by atoms with Gasteiger partial charge in [-0.3, -0.25) is 0 Å². The molecule has 2 heterocycles. The molecule has 0 aromatic carbocycles. The number of carbonyl (C=O) groups excluding carboxylic acids is 1. The second-order valence-corrected chi connectivity index (χ2v) is 5.09. The summed E-state index contributed by atoms with van der Waals surface area (Å²) >= 11 is 0. The van der Waals surface area contributed by atoms with E-state index in [-0.39, 0.29) is 12.1 Å². The molecule has 1 aromatic heterocycles. The first kappa shape index (κ1) is 15.3. The molecule has 1 aromatic rings. The van der Waals surface area contributed by atoms with Crippen molar-refractivity contribution in [1.82, 2.24) is 15.3 Å². The van der Waals surface area contributed by atoms with Gasteiger partial charge < -0.3 is 20.3 Å². The third kappa shape index (κ3) is 3.53. The van der Waals surface area contributed by atoms with Crippen molar-refractivity contribution in [2.75, 3.05) is 37.5 Å². The largest absolute Gasteiger partial charge is 0.453 e. The van der Waals surface area contributed by atoms with Crippen LogP contribution in [0, 0.1) is 0 Å². The van der Waals surface area contributed by atoms with Crippen LogP contribution in [0.5, 0.6) is 0 Å². The summed E-state index contributed by atoms with van der Waals surface area (Å²) < 4.78 is 4.65. The lowest BCUT2D eigenvalue weighted by atomic mass is 10.1. The average molecular weight is 293 g/mol. The molecule has 1 atom stereocenters. The molecule has 21 heavy (non-hydrogen) atoms. The van der Waals surface area contributed by atoms with Crippen LogP contribution in [0.15, 0.2) is 6.33 Å². The minimum Gasteiger partial charge on any atom is -0.453 e. The van der Waals surface area contributed by atoms with Crippen molar-refractivity contribution >= 4 is 17.7 Å². The van der Waals surface area contributed by atoms with Crippen LogP contribution < -0.4 is 15.5 Å². The van der Waals surface area contributed by atoms with E-state index in [0.29, 0.717) is 0 Å². The number of nitrogens with zero attached hydrogens (tertiary/aromatic N) is 3. The van der Waals surface area contributed by atoms with Gasteiger partial charge in [0, 0.05) is 25.7 Å². The summed E-state index contributed by atoms with van der Waals surface area (Å²) in [5, 5.41) is 5.98. The van der Waals surface area contributed by atoms with Gasteiger partial charge in [-0.2, -0.15) is 0 Å². The highest BCUT2D eigenvalue weighted by Gasteiger charge is 2.27. The quantitative estimate of drug-likeness (QED) is 0.854. The number of amides is 1. The van der Waals surface area contributed by atoms with E-state index in [0.717, 1.165) is 49.6 Å². The zero-order chi connectivity index (χ0) is 15.2. The van der Waals surface area contributed by atoms with E-state index in [1.807, 2.05) is 7.05 Å². The molecule has 1 saturated heterocycles. The SMILES string of the molecule is CCCc1c(NC)ncnc1N1CCC(NC(=O)OC)C1. The first-order valence-electron chi connectivity index (χ1n) is 7.30. The van der Waals surface area contributed by atoms with Gasteiger partial charge >= 0.3 is 6.09 Å². The number of methoxy groups -OCH3 is 1. The molecular weight excluding hydrogens is 270 g/mol. The fraction of sp³-hybridized carbons (Fsp3) is 0.643. The third-order valence-electron chi connectivity index (χ3n) is 3.65. The van der Waals surface area contributed by atoms with E-state index in [2.05, 4.69) is 37.2 Å². The van der Waals surface area contributed by atoms with Crippen molar-refractivity contribution in [3.8, 4) is 0 Å². The van der Waals surface area contributed by atoms with Crippen LogP contribution in [0.4, 0.5) is 16.4 Å². The maximum atomic E-state index is 11.3. The van der Waals surface area contributed by atoms with Gasteiger partial charge in [-0.25, -0.2) is 14.8 Å². The van der Waals surface area contributed by atoms with Crippen LogP contribution in [0.3, 0.4) is 0 Å². The fourth-order valence-electron chi connectivity index (χ4n) is 2.67. The summed E-state index contributed by atoms with van der Waals surface area (Å²) in [6, 6.07) is 0.0972. The van der Waals surface area contributed by atoms with Crippen molar-refractivity contribution in [2.24, 2.45) is 0 Å². The molecule has 0 bridgehead atoms. The van der Waals surface area contributed by atoms with E-state index in [4.69, 9.17) is 0 Å². The van der Waals surface area contributed by atoms with E-state index in [1.54, 1.807) is 6.33 Å². The van der Waals surface area contributed by atoms with Crippen molar-refractivity contribution in [3.05, 3.63) is 11.9 Å². The van der Waals surface area contributed by atoms with Crippen LogP contribution in [-0.2, 0) is 11.2 Å². The second-order valence-electron chi connectivity index (χ2n) is 5.09. The molecule has 2 rings (SSSR count). The van der Waals surface area contributed by atoms with E-state index >= 15 is 0 Å². The van der Waals surface area contributed by atoms with Gasteiger partial charge in [-0.05, 0) is 12.8 Å². The van der Waals surface area contributed by atoms with Crippen molar-refractivity contribution in [2.45, 2.75) is 32.2 Å². The molecule has 0 aliphatic carbocycles. The number of alkyl carbamates (subject to hydrolysis) is 1. The Morgan fingerprint density at radius 2 is 2.33 bits per heavy atom. The van der Waals surface area contributed by atoms with Gasteiger partial charge in [-0.15, -0.1) is 0 Å². The van der Waals surface area contributed by atoms with Gasteiger partial charge in [0.25, 0.3) is 0 Å². The summed E-state index contributed by atoms with van der Waals surface area (Å²) in [6.07, 6.45) is 4.06. The Balaban J connectivity index is 2.13. The Morgan fingerprint density at radius 1 is 1.52 bits per heavy atom. The highest BCUT2D eigenvalue weighted by Crippen LogP contribution is 2.27. The summed E-state index contributed by atoms with van der Waals surface area (Å²) in [4.78, 5) is 22.2. The normalized spacial score (nSPS) is 17.7. The lowest BCUT2D eigenvalue weighted by molar-refractivity contribution is 0.167. The fourth-order valence-corrected chi connectivity index (χ4v) is 2.67. The van der Waals surface area contributed by atoms with E-state index in [9.17, 15) is 4.79 Å². The molecular formula is C14H23N5O2. The minimum atomic E-state index is -0.380. The maximum Gasteiger partial charge on any atom is 0.407 e. The summed E-state index contributed by atoms with van der Waals surface area (Å²) in [5.41, 5.74) is 1.14. The summed E-state index contributed by atoms with van der Waals surface area (Å²) in [6.45, 7) is 3.75. The molecule has 0 spiro atoms. The smallest absolute Gasteiger partial charge is 0.407 e. The lowest BCUT2D eigenvalue weighted by Crippen LogP contribution is -2.37. The van der Waals surface area contributed by atoms with E-state index < -0.39 is 0 Å². The Hall–Kier alpha value is -2.05. The molecule has 7 nitrogen and oxygen atoms in total. The van der Waals surface area contributed by atoms with Crippen LogP contribution in [0.25, 0.3) is 0 Å². The predicted molar refractivity (Wildman–Crippen MR) is 81.7 cm³/mol. The molecule has 1 aliphatic rings. The van der Waals surface area contributed by atoms with Crippen LogP contribution in [0.1, 0.15) is 25.3 Å². The number of rotatable bonds is 5.